The summed E-state index contributed by atoms with van der Waals surface area (Å²) < 4.78 is 5.74. The van der Waals surface area contributed by atoms with Crippen LogP contribution in [0.1, 0.15) is 12.8 Å². The van der Waals surface area contributed by atoms with Gasteiger partial charge in [-0.05, 0) is 45.9 Å². The first kappa shape index (κ1) is 12.9. The van der Waals surface area contributed by atoms with Crippen molar-refractivity contribution < 1.29 is 4.74 Å². The van der Waals surface area contributed by atoms with Gasteiger partial charge in [-0.25, -0.2) is 0 Å². The average Bonchev–Trinajstić information content (AvgIpc) is 2.33. The van der Waals surface area contributed by atoms with E-state index in [0.29, 0.717) is 12.1 Å². The number of morpholine rings is 1. The zero-order valence-electron chi connectivity index (χ0n) is 11.8. The molecule has 2 bridgehead atoms. The molecule has 0 N–H and O–H groups in total. The Bertz CT molecular complexity index is 264. The molecule has 3 saturated heterocycles. The lowest BCUT2D eigenvalue weighted by atomic mass is 9.93. The summed E-state index contributed by atoms with van der Waals surface area (Å²) in [4.78, 5) is 7.70. The molecular weight excluding hydrogens is 226 g/mol. The third kappa shape index (κ3) is 2.72. The summed E-state index contributed by atoms with van der Waals surface area (Å²) in [6, 6.07) is 1.28. The van der Waals surface area contributed by atoms with Gasteiger partial charge in [0, 0.05) is 31.7 Å². The third-order valence-corrected chi connectivity index (χ3v) is 4.91. The van der Waals surface area contributed by atoms with E-state index in [2.05, 4.69) is 28.8 Å². The highest BCUT2D eigenvalue weighted by Crippen LogP contribution is 2.25. The molecule has 3 rings (SSSR count). The number of likely N-dealkylation sites (tertiary alicyclic amines) is 1. The second kappa shape index (κ2) is 5.45. The summed E-state index contributed by atoms with van der Waals surface area (Å²) in [5, 5.41) is 0. The highest BCUT2D eigenvalue weighted by Gasteiger charge is 2.37. The summed E-state index contributed by atoms with van der Waals surface area (Å²) >= 11 is 0. The quantitative estimate of drug-likeness (QED) is 0.706. The van der Waals surface area contributed by atoms with Gasteiger partial charge in [0.25, 0.3) is 0 Å². The van der Waals surface area contributed by atoms with Gasteiger partial charge in [0.05, 0.1) is 13.2 Å². The number of ether oxygens (including phenoxy) is 1. The number of piperazine rings is 1. The number of fused-ring (bicyclic) bond motifs is 2. The van der Waals surface area contributed by atoms with E-state index in [9.17, 15) is 0 Å². The number of rotatable bonds is 2. The number of hydrogen-bond donors (Lipinski definition) is 0. The van der Waals surface area contributed by atoms with E-state index in [0.717, 1.165) is 19.1 Å². The molecule has 0 aliphatic carbocycles. The van der Waals surface area contributed by atoms with Crippen molar-refractivity contribution in [2.75, 3.05) is 60.0 Å². The summed E-state index contributed by atoms with van der Waals surface area (Å²) in [7, 11) is 4.49. The second-order valence-corrected chi connectivity index (χ2v) is 6.51. The van der Waals surface area contributed by atoms with Crippen LogP contribution in [0.15, 0.2) is 0 Å². The Labute approximate surface area is 111 Å². The Morgan fingerprint density at radius 3 is 2.17 bits per heavy atom. The van der Waals surface area contributed by atoms with E-state index in [-0.39, 0.29) is 0 Å². The minimum absolute atomic E-state index is 0.641. The van der Waals surface area contributed by atoms with E-state index in [1.165, 1.54) is 45.6 Å². The SMILES string of the molecule is CN1CCC(CN2C3COCC2CN(C)C3)CC1. The van der Waals surface area contributed by atoms with Crippen LogP contribution in [-0.4, -0.2) is 86.8 Å². The highest BCUT2D eigenvalue weighted by atomic mass is 16.5. The largest absolute Gasteiger partial charge is 0.378 e. The van der Waals surface area contributed by atoms with E-state index in [4.69, 9.17) is 4.74 Å². The maximum absolute atomic E-state index is 5.74. The van der Waals surface area contributed by atoms with E-state index in [1.54, 1.807) is 0 Å². The summed E-state index contributed by atoms with van der Waals surface area (Å²) in [6.45, 7) is 8.11. The van der Waals surface area contributed by atoms with Crippen molar-refractivity contribution in [3.63, 3.8) is 0 Å². The van der Waals surface area contributed by atoms with Gasteiger partial charge in [0.15, 0.2) is 0 Å². The molecular formula is C14H27N3O. The molecule has 3 aliphatic rings. The number of nitrogens with zero attached hydrogens (tertiary/aromatic N) is 3. The van der Waals surface area contributed by atoms with Gasteiger partial charge in [-0.15, -0.1) is 0 Å². The van der Waals surface area contributed by atoms with Crippen LogP contribution in [-0.2, 0) is 4.74 Å². The number of piperidine rings is 1. The molecule has 0 aromatic rings. The second-order valence-electron chi connectivity index (χ2n) is 6.51. The van der Waals surface area contributed by atoms with Crippen LogP contribution in [0.4, 0.5) is 0 Å². The molecule has 3 heterocycles. The molecule has 0 spiro atoms. The Morgan fingerprint density at radius 1 is 0.944 bits per heavy atom. The van der Waals surface area contributed by atoms with Crippen molar-refractivity contribution in [2.24, 2.45) is 5.92 Å². The lowest BCUT2D eigenvalue weighted by Crippen LogP contribution is -2.64. The van der Waals surface area contributed by atoms with Gasteiger partial charge < -0.3 is 14.5 Å². The zero-order chi connectivity index (χ0) is 12.5. The van der Waals surface area contributed by atoms with Crippen LogP contribution < -0.4 is 0 Å². The highest BCUT2D eigenvalue weighted by molar-refractivity contribution is 4.92. The Kier molecular flexibility index (Phi) is 3.89. The molecule has 4 nitrogen and oxygen atoms in total. The summed E-state index contributed by atoms with van der Waals surface area (Å²) in [6.07, 6.45) is 2.76. The molecule has 3 fully saturated rings. The third-order valence-electron chi connectivity index (χ3n) is 4.91. The molecule has 0 amide bonds. The van der Waals surface area contributed by atoms with Crippen molar-refractivity contribution in [2.45, 2.75) is 24.9 Å². The van der Waals surface area contributed by atoms with E-state index < -0.39 is 0 Å². The molecule has 0 aromatic carbocycles. The van der Waals surface area contributed by atoms with Gasteiger partial charge in [0.2, 0.25) is 0 Å². The Morgan fingerprint density at radius 2 is 1.56 bits per heavy atom. The maximum atomic E-state index is 5.74. The van der Waals surface area contributed by atoms with Gasteiger partial charge in [-0.2, -0.15) is 0 Å². The lowest BCUT2D eigenvalue weighted by Gasteiger charge is -2.50. The normalized spacial score (nSPS) is 37.0. The monoisotopic (exact) mass is 253 g/mol. The minimum Gasteiger partial charge on any atom is -0.378 e. The molecule has 4 heteroatoms. The van der Waals surface area contributed by atoms with Crippen LogP contribution >= 0.6 is 0 Å². The van der Waals surface area contributed by atoms with Gasteiger partial charge in [-0.3, -0.25) is 4.90 Å². The zero-order valence-corrected chi connectivity index (χ0v) is 11.8. The van der Waals surface area contributed by atoms with Crippen LogP contribution in [0.25, 0.3) is 0 Å². The first-order valence-electron chi connectivity index (χ1n) is 7.43. The molecule has 2 unspecified atom stereocenters. The van der Waals surface area contributed by atoms with E-state index >= 15 is 0 Å². The summed E-state index contributed by atoms with van der Waals surface area (Å²) in [5.74, 6) is 0.910. The number of likely N-dealkylation sites (N-methyl/N-ethyl adjacent to an activating group) is 1. The fourth-order valence-electron chi connectivity index (χ4n) is 3.78. The molecule has 0 radical (unpaired) electrons. The van der Waals surface area contributed by atoms with Crippen molar-refractivity contribution in [1.82, 2.24) is 14.7 Å². The average molecular weight is 253 g/mol. The minimum atomic E-state index is 0.641. The molecule has 2 atom stereocenters. The molecule has 0 aromatic heterocycles. The van der Waals surface area contributed by atoms with Crippen molar-refractivity contribution in [3.05, 3.63) is 0 Å². The molecule has 3 aliphatic heterocycles. The van der Waals surface area contributed by atoms with Gasteiger partial charge in [-0.1, -0.05) is 0 Å². The van der Waals surface area contributed by atoms with E-state index in [1.807, 2.05) is 0 Å². The lowest BCUT2D eigenvalue weighted by molar-refractivity contribution is -0.0993. The molecule has 18 heavy (non-hydrogen) atoms. The fraction of sp³-hybridized carbons (Fsp3) is 1.00. The van der Waals surface area contributed by atoms with Gasteiger partial charge >= 0.3 is 0 Å². The first-order chi connectivity index (χ1) is 8.72. The van der Waals surface area contributed by atoms with Crippen LogP contribution in [0.5, 0.6) is 0 Å². The predicted octanol–water partition coefficient (Wildman–Crippen LogP) is 0.343. The fourth-order valence-corrected chi connectivity index (χ4v) is 3.78. The molecule has 104 valence electrons. The predicted molar refractivity (Wildman–Crippen MR) is 72.8 cm³/mol. The van der Waals surface area contributed by atoms with Gasteiger partial charge in [0.1, 0.15) is 0 Å². The molecule has 0 saturated carbocycles. The Balaban J connectivity index is 1.58. The van der Waals surface area contributed by atoms with Crippen molar-refractivity contribution in [1.29, 1.82) is 0 Å². The van der Waals surface area contributed by atoms with Crippen LogP contribution in [0, 0.1) is 5.92 Å². The summed E-state index contributed by atoms with van der Waals surface area (Å²) in [5.41, 5.74) is 0. The topological polar surface area (TPSA) is 19.0 Å². The Hall–Kier alpha value is -0.160. The van der Waals surface area contributed by atoms with Crippen molar-refractivity contribution >= 4 is 0 Å². The smallest absolute Gasteiger partial charge is 0.0635 e. The standard InChI is InChI=1S/C14H27N3O/c1-15-5-3-12(4-6-15)7-17-13-8-16(2)9-14(17)11-18-10-13/h12-14H,3-11H2,1-2H3. The van der Waals surface area contributed by atoms with Crippen LogP contribution in [0.3, 0.4) is 0 Å². The van der Waals surface area contributed by atoms with Crippen molar-refractivity contribution in [3.8, 4) is 0 Å². The van der Waals surface area contributed by atoms with Crippen LogP contribution in [0.2, 0.25) is 0 Å². The number of hydrogen-bond acceptors (Lipinski definition) is 4. The first-order valence-corrected chi connectivity index (χ1v) is 7.43. The maximum Gasteiger partial charge on any atom is 0.0635 e.